The molecular formula is C12H18OS. The minimum atomic E-state index is -0.440. The van der Waals surface area contributed by atoms with Gasteiger partial charge in [-0.05, 0) is 23.5 Å². The molecule has 0 radical (unpaired) electrons. The molecule has 0 spiro atoms. The Morgan fingerprint density at radius 2 is 1.71 bits per heavy atom. The fraction of sp³-hybridized carbons (Fsp3) is 0.500. The minimum absolute atomic E-state index is 0.440. The van der Waals surface area contributed by atoms with Crippen molar-refractivity contribution in [3.05, 3.63) is 35.4 Å². The van der Waals surface area contributed by atoms with Gasteiger partial charge in [-0.25, -0.2) is 0 Å². The largest absolute Gasteiger partial charge is 0.388 e. The monoisotopic (exact) mass is 210 g/mol. The number of benzene rings is 1. The summed E-state index contributed by atoms with van der Waals surface area (Å²) in [5, 5.41) is 9.54. The van der Waals surface area contributed by atoms with E-state index in [1.807, 2.05) is 12.1 Å². The van der Waals surface area contributed by atoms with Crippen LogP contribution in [0.2, 0.25) is 0 Å². The van der Waals surface area contributed by atoms with Crippen molar-refractivity contribution in [2.45, 2.75) is 32.3 Å². The summed E-state index contributed by atoms with van der Waals surface area (Å²) >= 11 is 4.06. The highest BCUT2D eigenvalue weighted by molar-refractivity contribution is 7.80. The SMILES string of the molecule is CCC(C)c1ccc(C(O)CS)cc1. The second-order valence-corrected chi connectivity index (χ2v) is 4.04. The molecule has 1 nitrogen and oxygen atoms in total. The summed E-state index contributed by atoms with van der Waals surface area (Å²) in [4.78, 5) is 0. The Balaban J connectivity index is 2.78. The van der Waals surface area contributed by atoms with Crippen LogP contribution in [0.15, 0.2) is 24.3 Å². The molecule has 0 saturated carbocycles. The summed E-state index contributed by atoms with van der Waals surface area (Å²) in [5.41, 5.74) is 2.29. The smallest absolute Gasteiger partial charge is 0.0877 e. The number of hydrogen-bond donors (Lipinski definition) is 2. The van der Waals surface area contributed by atoms with E-state index in [1.54, 1.807) is 0 Å². The van der Waals surface area contributed by atoms with Crippen molar-refractivity contribution in [3.8, 4) is 0 Å². The van der Waals surface area contributed by atoms with Crippen LogP contribution in [0.25, 0.3) is 0 Å². The number of aliphatic hydroxyl groups is 1. The molecule has 0 heterocycles. The fourth-order valence-electron chi connectivity index (χ4n) is 1.39. The van der Waals surface area contributed by atoms with Gasteiger partial charge in [0.1, 0.15) is 0 Å². The average molecular weight is 210 g/mol. The molecule has 0 amide bonds. The van der Waals surface area contributed by atoms with Gasteiger partial charge in [-0.1, -0.05) is 38.1 Å². The third-order valence-corrected chi connectivity index (χ3v) is 3.02. The Labute approximate surface area is 91.6 Å². The first-order chi connectivity index (χ1) is 6.69. The molecule has 0 aliphatic heterocycles. The van der Waals surface area contributed by atoms with E-state index in [-0.39, 0.29) is 0 Å². The number of aliphatic hydroxyl groups excluding tert-OH is 1. The van der Waals surface area contributed by atoms with Gasteiger partial charge in [-0.2, -0.15) is 12.6 Å². The van der Waals surface area contributed by atoms with E-state index in [9.17, 15) is 5.11 Å². The van der Waals surface area contributed by atoms with Crippen LogP contribution in [0.1, 0.15) is 43.4 Å². The maximum Gasteiger partial charge on any atom is 0.0877 e. The van der Waals surface area contributed by atoms with Crippen molar-refractivity contribution >= 4 is 12.6 Å². The van der Waals surface area contributed by atoms with Crippen molar-refractivity contribution in [1.82, 2.24) is 0 Å². The molecule has 1 aromatic carbocycles. The molecule has 1 rings (SSSR count). The first-order valence-electron chi connectivity index (χ1n) is 5.07. The second-order valence-electron chi connectivity index (χ2n) is 3.67. The summed E-state index contributed by atoms with van der Waals surface area (Å²) < 4.78 is 0. The Bertz CT molecular complexity index is 239. The summed E-state index contributed by atoms with van der Waals surface area (Å²) in [6, 6.07) is 8.16. The van der Waals surface area contributed by atoms with Crippen LogP contribution in [-0.2, 0) is 0 Å². The molecule has 78 valence electrons. The Kier molecular flexibility index (Phi) is 4.49. The van der Waals surface area contributed by atoms with Crippen LogP contribution < -0.4 is 0 Å². The quantitative estimate of drug-likeness (QED) is 0.731. The number of thiol groups is 1. The molecule has 0 fully saturated rings. The highest BCUT2D eigenvalue weighted by Crippen LogP contribution is 2.21. The lowest BCUT2D eigenvalue weighted by Crippen LogP contribution is -1.99. The predicted molar refractivity (Wildman–Crippen MR) is 64.0 cm³/mol. The van der Waals surface area contributed by atoms with Gasteiger partial charge >= 0.3 is 0 Å². The number of rotatable bonds is 4. The molecular weight excluding hydrogens is 192 g/mol. The summed E-state index contributed by atoms with van der Waals surface area (Å²) in [6.07, 6.45) is 0.707. The van der Waals surface area contributed by atoms with Crippen LogP contribution in [0, 0.1) is 0 Å². The molecule has 14 heavy (non-hydrogen) atoms. The van der Waals surface area contributed by atoms with E-state index < -0.39 is 6.10 Å². The zero-order valence-corrected chi connectivity index (χ0v) is 9.67. The van der Waals surface area contributed by atoms with Crippen LogP contribution in [0.4, 0.5) is 0 Å². The molecule has 0 aliphatic carbocycles. The maximum absolute atomic E-state index is 9.54. The Morgan fingerprint density at radius 1 is 1.21 bits per heavy atom. The first-order valence-corrected chi connectivity index (χ1v) is 5.71. The molecule has 2 atom stereocenters. The van der Waals surface area contributed by atoms with Crippen molar-refractivity contribution in [2.24, 2.45) is 0 Å². The van der Waals surface area contributed by atoms with Crippen LogP contribution in [0.5, 0.6) is 0 Å². The molecule has 1 N–H and O–H groups in total. The van der Waals surface area contributed by atoms with E-state index in [4.69, 9.17) is 0 Å². The highest BCUT2D eigenvalue weighted by atomic mass is 32.1. The highest BCUT2D eigenvalue weighted by Gasteiger charge is 2.06. The van der Waals surface area contributed by atoms with E-state index >= 15 is 0 Å². The van der Waals surface area contributed by atoms with E-state index in [0.29, 0.717) is 11.7 Å². The predicted octanol–water partition coefficient (Wildman–Crippen LogP) is 3.16. The lowest BCUT2D eigenvalue weighted by atomic mass is 9.97. The molecule has 0 bridgehead atoms. The third kappa shape index (κ3) is 2.76. The lowest BCUT2D eigenvalue weighted by Gasteiger charge is -2.11. The van der Waals surface area contributed by atoms with E-state index in [1.165, 1.54) is 5.56 Å². The van der Waals surface area contributed by atoms with Gasteiger partial charge in [0, 0.05) is 5.75 Å². The standard InChI is InChI=1S/C12H18OS/c1-3-9(2)10-4-6-11(7-5-10)12(13)8-14/h4-7,9,12-14H,3,8H2,1-2H3. The second kappa shape index (κ2) is 5.42. The van der Waals surface area contributed by atoms with Gasteiger partial charge in [0.2, 0.25) is 0 Å². The molecule has 2 unspecified atom stereocenters. The zero-order chi connectivity index (χ0) is 10.6. The molecule has 2 heteroatoms. The summed E-state index contributed by atoms with van der Waals surface area (Å²) in [6.45, 7) is 4.39. The van der Waals surface area contributed by atoms with Crippen LogP contribution in [-0.4, -0.2) is 10.9 Å². The van der Waals surface area contributed by atoms with Gasteiger partial charge in [0.15, 0.2) is 0 Å². The van der Waals surface area contributed by atoms with Crippen molar-refractivity contribution in [1.29, 1.82) is 0 Å². The van der Waals surface area contributed by atoms with E-state index in [0.717, 1.165) is 12.0 Å². The zero-order valence-electron chi connectivity index (χ0n) is 8.77. The van der Waals surface area contributed by atoms with Gasteiger partial charge in [0.25, 0.3) is 0 Å². The van der Waals surface area contributed by atoms with Gasteiger partial charge < -0.3 is 5.11 Å². The molecule has 0 saturated heterocycles. The topological polar surface area (TPSA) is 20.2 Å². The summed E-state index contributed by atoms with van der Waals surface area (Å²) in [5.74, 6) is 1.07. The van der Waals surface area contributed by atoms with Crippen LogP contribution in [0.3, 0.4) is 0 Å². The van der Waals surface area contributed by atoms with Gasteiger partial charge in [-0.3, -0.25) is 0 Å². The number of hydrogen-bond acceptors (Lipinski definition) is 2. The Hall–Kier alpha value is -0.470. The molecule has 0 aromatic heterocycles. The minimum Gasteiger partial charge on any atom is -0.388 e. The van der Waals surface area contributed by atoms with E-state index in [2.05, 4.69) is 38.6 Å². The summed E-state index contributed by atoms with van der Waals surface area (Å²) in [7, 11) is 0. The third-order valence-electron chi connectivity index (χ3n) is 2.68. The first kappa shape index (κ1) is 11.6. The van der Waals surface area contributed by atoms with Crippen molar-refractivity contribution in [2.75, 3.05) is 5.75 Å². The Morgan fingerprint density at radius 3 is 2.14 bits per heavy atom. The van der Waals surface area contributed by atoms with Gasteiger partial charge in [0.05, 0.1) is 6.10 Å². The average Bonchev–Trinajstić information content (AvgIpc) is 2.27. The fourth-order valence-corrected chi connectivity index (χ4v) is 1.60. The maximum atomic E-state index is 9.54. The van der Waals surface area contributed by atoms with Crippen LogP contribution >= 0.6 is 12.6 Å². The van der Waals surface area contributed by atoms with Crippen molar-refractivity contribution < 1.29 is 5.11 Å². The normalized spacial score (nSPS) is 15.1. The van der Waals surface area contributed by atoms with Crippen molar-refractivity contribution in [3.63, 3.8) is 0 Å². The molecule has 1 aromatic rings. The van der Waals surface area contributed by atoms with Gasteiger partial charge in [-0.15, -0.1) is 0 Å². The molecule has 0 aliphatic rings. The lowest BCUT2D eigenvalue weighted by molar-refractivity contribution is 0.204.